The minimum Gasteiger partial charge on any atom is -0.334 e. The Kier molecular flexibility index (Phi) is 5.23. The highest BCUT2D eigenvalue weighted by Crippen LogP contribution is 2.31. The molecule has 2 heterocycles. The average Bonchev–Trinajstić information content (AvgIpc) is 3.21. The van der Waals surface area contributed by atoms with Gasteiger partial charge in [-0.15, -0.1) is 0 Å². The molecule has 6 nitrogen and oxygen atoms in total. The number of hydrogen-bond acceptors (Lipinski definition) is 5. The molecule has 0 amide bonds. The molecule has 8 heteroatoms. The molecule has 1 aliphatic rings. The molecule has 3 aromatic rings. The van der Waals surface area contributed by atoms with E-state index in [2.05, 4.69) is 10.1 Å². The molecule has 1 saturated heterocycles. The van der Waals surface area contributed by atoms with Gasteiger partial charge in [-0.3, -0.25) is 0 Å². The van der Waals surface area contributed by atoms with Gasteiger partial charge in [0.25, 0.3) is 5.89 Å². The van der Waals surface area contributed by atoms with Crippen LogP contribution in [-0.4, -0.2) is 36.0 Å². The van der Waals surface area contributed by atoms with E-state index in [0.717, 1.165) is 11.1 Å². The second-order valence-corrected chi connectivity index (χ2v) is 9.33. The van der Waals surface area contributed by atoms with Crippen molar-refractivity contribution in [2.24, 2.45) is 0 Å². The van der Waals surface area contributed by atoms with Gasteiger partial charge in [-0.25, -0.2) is 12.8 Å². The molecule has 0 spiro atoms. The second kappa shape index (κ2) is 7.68. The van der Waals surface area contributed by atoms with E-state index in [-0.39, 0.29) is 11.7 Å². The summed E-state index contributed by atoms with van der Waals surface area (Å²) in [5.74, 6) is 0.600. The summed E-state index contributed by atoms with van der Waals surface area (Å²) in [6, 6.07) is 11.1. The van der Waals surface area contributed by atoms with E-state index in [9.17, 15) is 12.8 Å². The Hall–Kier alpha value is -2.58. The summed E-state index contributed by atoms with van der Waals surface area (Å²) in [6.45, 7) is 4.68. The van der Waals surface area contributed by atoms with E-state index in [1.54, 1.807) is 24.3 Å². The summed E-state index contributed by atoms with van der Waals surface area (Å²) in [6.07, 6.45) is 1.24. The van der Waals surface area contributed by atoms with Gasteiger partial charge in [-0.05, 0) is 74.2 Å². The first-order chi connectivity index (χ1) is 13.8. The molecule has 0 saturated carbocycles. The van der Waals surface area contributed by atoms with Crippen LogP contribution in [0.15, 0.2) is 51.9 Å². The number of sulfonamides is 1. The average molecular weight is 415 g/mol. The monoisotopic (exact) mass is 415 g/mol. The van der Waals surface area contributed by atoms with Crippen LogP contribution in [0.4, 0.5) is 4.39 Å². The molecule has 1 fully saturated rings. The SMILES string of the molecule is Cc1ccc(S(=O)(=O)N2CCC(c3noc(-c4ccc(F)cc4)n3)CC2)cc1C. The van der Waals surface area contributed by atoms with Gasteiger partial charge in [0.15, 0.2) is 5.82 Å². The molecule has 0 radical (unpaired) electrons. The lowest BCUT2D eigenvalue weighted by Crippen LogP contribution is -2.38. The molecule has 0 atom stereocenters. The topological polar surface area (TPSA) is 76.3 Å². The quantitative estimate of drug-likeness (QED) is 0.642. The smallest absolute Gasteiger partial charge is 0.257 e. The zero-order valence-corrected chi connectivity index (χ0v) is 17.1. The Morgan fingerprint density at radius 1 is 1.03 bits per heavy atom. The molecule has 1 aromatic heterocycles. The van der Waals surface area contributed by atoms with Crippen molar-refractivity contribution in [2.75, 3.05) is 13.1 Å². The van der Waals surface area contributed by atoms with Gasteiger partial charge in [0.1, 0.15) is 5.82 Å². The number of aromatic nitrogens is 2. The normalized spacial score (nSPS) is 16.2. The van der Waals surface area contributed by atoms with Gasteiger partial charge in [0.2, 0.25) is 10.0 Å². The van der Waals surface area contributed by atoms with Crippen molar-refractivity contribution < 1.29 is 17.3 Å². The Balaban J connectivity index is 1.45. The fraction of sp³-hybridized carbons (Fsp3) is 0.333. The maximum Gasteiger partial charge on any atom is 0.257 e. The summed E-state index contributed by atoms with van der Waals surface area (Å²) in [5, 5.41) is 4.06. The lowest BCUT2D eigenvalue weighted by Gasteiger charge is -2.29. The molecule has 2 aromatic carbocycles. The minimum absolute atomic E-state index is 0.0270. The van der Waals surface area contributed by atoms with Crippen LogP contribution in [0.5, 0.6) is 0 Å². The van der Waals surface area contributed by atoms with Gasteiger partial charge in [0, 0.05) is 24.6 Å². The van der Waals surface area contributed by atoms with Gasteiger partial charge in [-0.2, -0.15) is 9.29 Å². The summed E-state index contributed by atoms with van der Waals surface area (Å²) in [4.78, 5) is 4.76. The highest BCUT2D eigenvalue weighted by Gasteiger charge is 2.32. The van der Waals surface area contributed by atoms with E-state index in [0.29, 0.717) is 48.1 Å². The van der Waals surface area contributed by atoms with Crippen LogP contribution in [0.1, 0.15) is 35.7 Å². The Morgan fingerprint density at radius 3 is 2.38 bits per heavy atom. The first-order valence-corrected chi connectivity index (χ1v) is 11.0. The third-order valence-electron chi connectivity index (χ3n) is 5.47. The number of benzene rings is 2. The molecule has 0 unspecified atom stereocenters. The van der Waals surface area contributed by atoms with Crippen molar-refractivity contribution in [1.82, 2.24) is 14.4 Å². The van der Waals surface area contributed by atoms with Gasteiger partial charge >= 0.3 is 0 Å². The zero-order chi connectivity index (χ0) is 20.6. The maximum absolute atomic E-state index is 13.1. The molecule has 0 bridgehead atoms. The number of rotatable bonds is 4. The Morgan fingerprint density at radius 2 is 1.72 bits per heavy atom. The first-order valence-electron chi connectivity index (χ1n) is 9.51. The first kappa shape index (κ1) is 19.7. The van der Waals surface area contributed by atoms with Crippen molar-refractivity contribution >= 4 is 10.0 Å². The van der Waals surface area contributed by atoms with E-state index in [1.165, 1.54) is 16.4 Å². The largest absolute Gasteiger partial charge is 0.334 e. The predicted molar refractivity (Wildman–Crippen MR) is 106 cm³/mol. The molecule has 152 valence electrons. The Labute approximate surface area is 169 Å². The molecule has 0 aliphatic carbocycles. The van der Waals surface area contributed by atoms with Crippen molar-refractivity contribution in [2.45, 2.75) is 37.5 Å². The predicted octanol–water partition coefficient (Wildman–Crippen LogP) is 4.06. The number of piperidine rings is 1. The lowest BCUT2D eigenvalue weighted by molar-refractivity contribution is 0.307. The third kappa shape index (κ3) is 3.95. The van der Waals surface area contributed by atoms with Gasteiger partial charge in [0.05, 0.1) is 4.90 Å². The number of nitrogens with zero attached hydrogens (tertiary/aromatic N) is 3. The molecular formula is C21H22FN3O3S. The number of halogens is 1. The van der Waals surface area contributed by atoms with Gasteiger partial charge in [-0.1, -0.05) is 11.2 Å². The number of hydrogen-bond donors (Lipinski definition) is 0. The maximum atomic E-state index is 13.1. The summed E-state index contributed by atoms with van der Waals surface area (Å²) in [7, 11) is -3.52. The minimum atomic E-state index is -3.52. The lowest BCUT2D eigenvalue weighted by atomic mass is 9.97. The fourth-order valence-corrected chi connectivity index (χ4v) is 5.04. The van der Waals surface area contributed by atoms with Gasteiger partial charge < -0.3 is 4.52 Å². The highest BCUT2D eigenvalue weighted by atomic mass is 32.2. The fourth-order valence-electron chi connectivity index (χ4n) is 3.49. The van der Waals surface area contributed by atoms with Crippen LogP contribution in [0.2, 0.25) is 0 Å². The molecule has 1 aliphatic heterocycles. The Bertz CT molecular complexity index is 1120. The van der Waals surface area contributed by atoms with Crippen molar-refractivity contribution in [3.05, 3.63) is 65.2 Å². The highest BCUT2D eigenvalue weighted by molar-refractivity contribution is 7.89. The van der Waals surface area contributed by atoms with Crippen molar-refractivity contribution in [3.63, 3.8) is 0 Å². The molecular weight excluding hydrogens is 393 g/mol. The van der Waals surface area contributed by atoms with E-state index in [1.807, 2.05) is 19.9 Å². The summed E-state index contributed by atoms with van der Waals surface area (Å²) in [5.41, 5.74) is 2.68. The van der Waals surface area contributed by atoms with Crippen molar-refractivity contribution in [1.29, 1.82) is 0 Å². The zero-order valence-electron chi connectivity index (χ0n) is 16.3. The van der Waals surface area contributed by atoms with Crippen LogP contribution >= 0.6 is 0 Å². The van der Waals surface area contributed by atoms with E-state index in [4.69, 9.17) is 4.52 Å². The summed E-state index contributed by atoms with van der Waals surface area (Å²) < 4.78 is 45.8. The molecule has 4 rings (SSSR count). The van der Waals surface area contributed by atoms with Crippen LogP contribution in [0.25, 0.3) is 11.5 Å². The van der Waals surface area contributed by atoms with Crippen molar-refractivity contribution in [3.8, 4) is 11.5 Å². The third-order valence-corrected chi connectivity index (χ3v) is 7.36. The van der Waals surface area contributed by atoms with E-state index < -0.39 is 10.0 Å². The van der Waals surface area contributed by atoms with Crippen LogP contribution in [0, 0.1) is 19.7 Å². The molecule has 0 N–H and O–H groups in total. The second-order valence-electron chi connectivity index (χ2n) is 7.39. The van der Waals surface area contributed by atoms with E-state index >= 15 is 0 Å². The summed E-state index contributed by atoms with van der Waals surface area (Å²) >= 11 is 0. The van der Waals surface area contributed by atoms with Crippen LogP contribution < -0.4 is 0 Å². The number of aryl methyl sites for hydroxylation is 2. The van der Waals surface area contributed by atoms with Crippen LogP contribution in [0.3, 0.4) is 0 Å². The standard InChI is InChI=1S/C21H22FN3O3S/c1-14-3-8-19(13-15(14)2)29(26,27)25-11-9-16(10-12-25)20-23-21(28-24-20)17-4-6-18(22)7-5-17/h3-8,13,16H,9-12H2,1-2H3. The molecule has 29 heavy (non-hydrogen) atoms. The van der Waals surface area contributed by atoms with Crippen LogP contribution in [-0.2, 0) is 10.0 Å².